The van der Waals surface area contributed by atoms with Crippen molar-refractivity contribution >= 4 is 11.6 Å². The fraction of sp³-hybridized carbons (Fsp3) is 0.700. The Morgan fingerprint density at radius 2 is 2.18 bits per heavy atom. The average Bonchev–Trinajstić information content (AvgIpc) is 2.52. The second-order valence-electron chi connectivity index (χ2n) is 3.77. The molecule has 98 valence electrons. The SMILES string of the molecule is CC[C@@H](C)OCc1nn(CC(F)(F)F)cc1Cl. The van der Waals surface area contributed by atoms with Gasteiger partial charge in [-0.2, -0.15) is 18.3 Å². The summed E-state index contributed by atoms with van der Waals surface area (Å²) in [6.45, 7) is 2.81. The van der Waals surface area contributed by atoms with Crippen LogP contribution in [0, 0.1) is 0 Å². The standard InChI is InChI=1S/C10H14ClF3N2O/c1-3-7(2)17-5-9-8(11)4-16(15-9)6-10(12,13)14/h4,7H,3,5-6H2,1-2H3/t7-/m1/s1. The Kier molecular flexibility index (Phi) is 4.82. The minimum absolute atomic E-state index is 0.0267. The summed E-state index contributed by atoms with van der Waals surface area (Å²) in [7, 11) is 0. The number of alkyl halides is 3. The molecule has 1 rings (SSSR count). The van der Waals surface area contributed by atoms with Crippen LogP contribution < -0.4 is 0 Å². The second-order valence-corrected chi connectivity index (χ2v) is 4.17. The molecule has 7 heteroatoms. The first-order chi connectivity index (χ1) is 7.81. The zero-order chi connectivity index (χ0) is 13.1. The van der Waals surface area contributed by atoms with Crippen molar-refractivity contribution in [3.8, 4) is 0 Å². The van der Waals surface area contributed by atoms with E-state index in [1.54, 1.807) is 0 Å². The minimum atomic E-state index is -4.30. The summed E-state index contributed by atoms with van der Waals surface area (Å²) < 4.78 is 42.5. The van der Waals surface area contributed by atoms with E-state index in [-0.39, 0.29) is 17.7 Å². The van der Waals surface area contributed by atoms with Gasteiger partial charge in [0.2, 0.25) is 0 Å². The number of ether oxygens (including phenoxy) is 1. The molecule has 1 aromatic heterocycles. The van der Waals surface area contributed by atoms with E-state index in [9.17, 15) is 13.2 Å². The smallest absolute Gasteiger partial charge is 0.372 e. The Hall–Kier alpha value is -0.750. The molecule has 0 aliphatic rings. The fourth-order valence-corrected chi connectivity index (χ4v) is 1.34. The number of nitrogens with zero attached hydrogens (tertiary/aromatic N) is 2. The molecule has 1 aromatic rings. The molecule has 0 unspecified atom stereocenters. The van der Waals surface area contributed by atoms with E-state index in [0.717, 1.165) is 17.3 Å². The van der Waals surface area contributed by atoms with Gasteiger partial charge in [-0.3, -0.25) is 4.68 Å². The van der Waals surface area contributed by atoms with Crippen molar-refractivity contribution in [2.45, 2.75) is 45.7 Å². The summed E-state index contributed by atoms with van der Waals surface area (Å²) >= 11 is 5.77. The summed E-state index contributed by atoms with van der Waals surface area (Å²) in [5.41, 5.74) is 0.330. The van der Waals surface area contributed by atoms with Crippen molar-refractivity contribution in [1.82, 2.24) is 9.78 Å². The van der Waals surface area contributed by atoms with E-state index in [1.165, 1.54) is 0 Å². The normalized spacial score (nSPS) is 14.0. The lowest BCUT2D eigenvalue weighted by molar-refractivity contribution is -0.142. The highest BCUT2D eigenvalue weighted by Crippen LogP contribution is 2.21. The molecule has 0 aliphatic heterocycles. The lowest BCUT2D eigenvalue weighted by Gasteiger charge is -2.09. The molecule has 1 atom stereocenters. The summed E-state index contributed by atoms with van der Waals surface area (Å²) in [5.74, 6) is 0. The minimum Gasteiger partial charge on any atom is -0.372 e. The molecule has 3 nitrogen and oxygen atoms in total. The van der Waals surface area contributed by atoms with Crippen LogP contribution in [0.15, 0.2) is 6.20 Å². The molecule has 0 saturated heterocycles. The van der Waals surface area contributed by atoms with Crippen LogP contribution in [-0.4, -0.2) is 22.1 Å². The van der Waals surface area contributed by atoms with Crippen LogP contribution in [0.3, 0.4) is 0 Å². The van der Waals surface area contributed by atoms with Gasteiger partial charge < -0.3 is 4.74 Å². The molecule has 0 saturated carbocycles. The monoisotopic (exact) mass is 270 g/mol. The van der Waals surface area contributed by atoms with Gasteiger partial charge in [-0.25, -0.2) is 0 Å². The number of rotatable bonds is 5. The number of aromatic nitrogens is 2. The van der Waals surface area contributed by atoms with Crippen molar-refractivity contribution in [3.63, 3.8) is 0 Å². The van der Waals surface area contributed by atoms with Crippen LogP contribution in [0.5, 0.6) is 0 Å². The van der Waals surface area contributed by atoms with E-state index < -0.39 is 12.7 Å². The molecule has 0 bridgehead atoms. The molecule has 0 radical (unpaired) electrons. The fourth-order valence-electron chi connectivity index (χ4n) is 1.14. The van der Waals surface area contributed by atoms with Gasteiger partial charge in [0.05, 0.1) is 17.7 Å². The third-order valence-corrected chi connectivity index (χ3v) is 2.52. The lowest BCUT2D eigenvalue weighted by atomic mass is 10.3. The van der Waals surface area contributed by atoms with Crippen molar-refractivity contribution in [2.24, 2.45) is 0 Å². The largest absolute Gasteiger partial charge is 0.408 e. The predicted molar refractivity (Wildman–Crippen MR) is 57.8 cm³/mol. The van der Waals surface area contributed by atoms with Gasteiger partial charge in [0.25, 0.3) is 0 Å². The predicted octanol–water partition coefficient (Wildman–Crippen LogP) is 3.41. The van der Waals surface area contributed by atoms with Gasteiger partial charge in [0.15, 0.2) is 0 Å². The van der Waals surface area contributed by atoms with Crippen molar-refractivity contribution in [3.05, 3.63) is 16.9 Å². The molecule has 0 N–H and O–H groups in total. The highest BCUT2D eigenvalue weighted by Gasteiger charge is 2.28. The van der Waals surface area contributed by atoms with Gasteiger partial charge in [-0.05, 0) is 13.3 Å². The number of halogens is 4. The van der Waals surface area contributed by atoms with E-state index in [4.69, 9.17) is 16.3 Å². The van der Waals surface area contributed by atoms with E-state index in [1.807, 2.05) is 13.8 Å². The van der Waals surface area contributed by atoms with Crippen LogP contribution in [-0.2, 0) is 17.9 Å². The molecule has 0 fully saturated rings. The maximum atomic E-state index is 12.1. The van der Waals surface area contributed by atoms with E-state index in [2.05, 4.69) is 5.10 Å². The third kappa shape index (κ3) is 4.95. The Balaban J connectivity index is 2.62. The molecule has 0 aliphatic carbocycles. The Labute approximate surface area is 103 Å². The average molecular weight is 271 g/mol. The van der Waals surface area contributed by atoms with Crippen LogP contribution in [0.2, 0.25) is 5.02 Å². The molecule has 1 heterocycles. The second kappa shape index (κ2) is 5.73. The van der Waals surface area contributed by atoms with Gasteiger partial charge in [-0.1, -0.05) is 18.5 Å². The van der Waals surface area contributed by atoms with Gasteiger partial charge >= 0.3 is 6.18 Å². The summed E-state index contributed by atoms with van der Waals surface area (Å²) in [5, 5.41) is 3.93. The summed E-state index contributed by atoms with van der Waals surface area (Å²) in [6, 6.07) is 0. The number of hydrogen-bond donors (Lipinski definition) is 0. The molecule has 0 amide bonds. The van der Waals surface area contributed by atoms with Gasteiger partial charge in [-0.15, -0.1) is 0 Å². The Bertz CT molecular complexity index is 365. The maximum absolute atomic E-state index is 12.1. The first-order valence-corrected chi connectivity index (χ1v) is 5.59. The summed E-state index contributed by atoms with van der Waals surface area (Å²) in [4.78, 5) is 0. The van der Waals surface area contributed by atoms with E-state index in [0.29, 0.717) is 5.69 Å². The molecule has 0 aromatic carbocycles. The van der Waals surface area contributed by atoms with Crippen molar-refractivity contribution in [1.29, 1.82) is 0 Å². The first-order valence-electron chi connectivity index (χ1n) is 5.22. The quantitative estimate of drug-likeness (QED) is 0.820. The van der Waals surface area contributed by atoms with Gasteiger partial charge in [0, 0.05) is 6.20 Å². The van der Waals surface area contributed by atoms with Crippen LogP contribution in [0.1, 0.15) is 26.0 Å². The van der Waals surface area contributed by atoms with Crippen molar-refractivity contribution < 1.29 is 17.9 Å². The highest BCUT2D eigenvalue weighted by molar-refractivity contribution is 6.31. The van der Waals surface area contributed by atoms with E-state index >= 15 is 0 Å². The lowest BCUT2D eigenvalue weighted by Crippen LogP contribution is -2.18. The van der Waals surface area contributed by atoms with Crippen LogP contribution >= 0.6 is 11.6 Å². The van der Waals surface area contributed by atoms with Crippen LogP contribution in [0.25, 0.3) is 0 Å². The molecular formula is C10H14ClF3N2O. The first kappa shape index (κ1) is 14.3. The highest BCUT2D eigenvalue weighted by atomic mass is 35.5. The Morgan fingerprint density at radius 1 is 1.53 bits per heavy atom. The molecule has 17 heavy (non-hydrogen) atoms. The topological polar surface area (TPSA) is 27.1 Å². The summed E-state index contributed by atoms with van der Waals surface area (Å²) in [6.07, 6.45) is -2.30. The Morgan fingerprint density at radius 3 is 2.71 bits per heavy atom. The van der Waals surface area contributed by atoms with Crippen LogP contribution in [0.4, 0.5) is 13.2 Å². The maximum Gasteiger partial charge on any atom is 0.408 e. The number of hydrogen-bond acceptors (Lipinski definition) is 2. The third-order valence-electron chi connectivity index (χ3n) is 2.21. The van der Waals surface area contributed by atoms with Gasteiger partial charge in [0.1, 0.15) is 12.2 Å². The molecule has 0 spiro atoms. The van der Waals surface area contributed by atoms with Crippen molar-refractivity contribution in [2.75, 3.05) is 0 Å². The zero-order valence-electron chi connectivity index (χ0n) is 9.59. The molecular weight excluding hydrogens is 257 g/mol. The zero-order valence-corrected chi connectivity index (χ0v) is 10.3.